The highest BCUT2D eigenvalue weighted by Gasteiger charge is 2.14. The molecule has 1 heterocycles. The fourth-order valence-corrected chi connectivity index (χ4v) is 1.86. The van der Waals surface area contributed by atoms with E-state index in [-0.39, 0.29) is 24.0 Å². The third-order valence-electron chi connectivity index (χ3n) is 2.80. The normalized spacial score (nSPS) is 18.4. The minimum absolute atomic E-state index is 0. The van der Waals surface area contributed by atoms with Gasteiger partial charge in [0.05, 0.1) is 12.7 Å². The lowest BCUT2D eigenvalue weighted by Crippen LogP contribution is -2.37. The maximum Gasteiger partial charge on any atom is 0.191 e. The molecule has 20 heavy (non-hydrogen) atoms. The molecule has 1 rings (SSSR count). The van der Waals surface area contributed by atoms with Gasteiger partial charge in [0.2, 0.25) is 0 Å². The van der Waals surface area contributed by atoms with Crippen molar-refractivity contribution in [2.24, 2.45) is 4.99 Å². The van der Waals surface area contributed by atoms with Crippen LogP contribution in [0.4, 0.5) is 0 Å². The molecule has 1 atom stereocenters. The second-order valence-electron chi connectivity index (χ2n) is 4.49. The summed E-state index contributed by atoms with van der Waals surface area (Å²) < 4.78 is 11.1. The Bertz CT molecular complexity index is 269. The number of nitrogens with one attached hydrogen (secondary N) is 2. The molecule has 0 amide bonds. The molecular formula is C14H28IN3O2. The predicted molar refractivity (Wildman–Crippen MR) is 94.0 cm³/mol. The van der Waals surface area contributed by atoms with Gasteiger partial charge in [0, 0.05) is 32.8 Å². The number of ether oxygens (including phenoxy) is 2. The fourth-order valence-electron chi connectivity index (χ4n) is 1.86. The van der Waals surface area contributed by atoms with E-state index in [1.165, 1.54) is 6.42 Å². The van der Waals surface area contributed by atoms with Gasteiger partial charge in [-0.3, -0.25) is 4.99 Å². The zero-order chi connectivity index (χ0) is 13.8. The number of halogens is 1. The molecule has 118 valence electrons. The summed E-state index contributed by atoms with van der Waals surface area (Å²) in [4.78, 5) is 4.46. The molecule has 0 aromatic heterocycles. The summed E-state index contributed by atoms with van der Waals surface area (Å²) >= 11 is 0. The van der Waals surface area contributed by atoms with E-state index in [0.29, 0.717) is 6.10 Å². The van der Waals surface area contributed by atoms with Gasteiger partial charge in [-0.2, -0.15) is 0 Å². The number of hydrogen-bond acceptors (Lipinski definition) is 3. The van der Waals surface area contributed by atoms with Crippen molar-refractivity contribution in [1.82, 2.24) is 10.6 Å². The standard InChI is InChI=1S/C14H27N3O2.HI/c1-3-8-16-14(15-4-2)17-9-6-10-18-12-13-7-5-11-19-13;/h3,13H,1,4-12H2,2H3,(H2,15,16,17);1H. The van der Waals surface area contributed by atoms with Crippen molar-refractivity contribution in [3.8, 4) is 0 Å². The summed E-state index contributed by atoms with van der Waals surface area (Å²) in [5, 5.41) is 6.35. The lowest BCUT2D eigenvalue weighted by atomic mass is 10.2. The van der Waals surface area contributed by atoms with Gasteiger partial charge in [0.1, 0.15) is 0 Å². The smallest absolute Gasteiger partial charge is 0.191 e. The molecule has 1 saturated heterocycles. The predicted octanol–water partition coefficient (Wildman–Crippen LogP) is 1.93. The van der Waals surface area contributed by atoms with Crippen molar-refractivity contribution < 1.29 is 9.47 Å². The lowest BCUT2D eigenvalue weighted by molar-refractivity contribution is 0.0171. The monoisotopic (exact) mass is 397 g/mol. The molecule has 1 aliphatic heterocycles. The molecule has 1 aliphatic rings. The van der Waals surface area contributed by atoms with Crippen LogP contribution in [0.25, 0.3) is 0 Å². The molecule has 1 fully saturated rings. The molecule has 0 spiro atoms. The van der Waals surface area contributed by atoms with E-state index in [2.05, 4.69) is 29.1 Å². The second kappa shape index (κ2) is 13.6. The molecule has 0 aliphatic carbocycles. The first-order chi connectivity index (χ1) is 9.36. The maximum absolute atomic E-state index is 5.59. The molecule has 0 aromatic rings. The van der Waals surface area contributed by atoms with Gasteiger partial charge in [-0.05, 0) is 26.2 Å². The third-order valence-corrected chi connectivity index (χ3v) is 2.80. The average molecular weight is 397 g/mol. The molecule has 5 nitrogen and oxygen atoms in total. The topological polar surface area (TPSA) is 54.9 Å². The summed E-state index contributed by atoms with van der Waals surface area (Å²) in [6.45, 7) is 10.4. The van der Waals surface area contributed by atoms with E-state index < -0.39 is 0 Å². The van der Waals surface area contributed by atoms with Gasteiger partial charge in [-0.25, -0.2) is 0 Å². The highest BCUT2D eigenvalue weighted by molar-refractivity contribution is 14.0. The van der Waals surface area contributed by atoms with Crippen LogP contribution in [0, 0.1) is 0 Å². The maximum atomic E-state index is 5.59. The Labute approximate surface area is 139 Å². The van der Waals surface area contributed by atoms with Crippen LogP contribution in [0.5, 0.6) is 0 Å². The van der Waals surface area contributed by atoms with E-state index >= 15 is 0 Å². The van der Waals surface area contributed by atoms with E-state index in [1.807, 2.05) is 6.08 Å². The second-order valence-corrected chi connectivity index (χ2v) is 4.49. The van der Waals surface area contributed by atoms with Crippen LogP contribution >= 0.6 is 24.0 Å². The Hall–Kier alpha value is -0.340. The Kier molecular flexibility index (Phi) is 13.4. The van der Waals surface area contributed by atoms with Gasteiger partial charge in [0.25, 0.3) is 0 Å². The summed E-state index contributed by atoms with van der Waals surface area (Å²) in [5.41, 5.74) is 0. The highest BCUT2D eigenvalue weighted by atomic mass is 127. The quantitative estimate of drug-likeness (QED) is 0.205. The van der Waals surface area contributed by atoms with Crippen molar-refractivity contribution in [2.75, 3.05) is 39.5 Å². The molecular weight excluding hydrogens is 369 g/mol. The average Bonchev–Trinajstić information content (AvgIpc) is 2.93. The van der Waals surface area contributed by atoms with Crippen molar-refractivity contribution >= 4 is 29.9 Å². The van der Waals surface area contributed by atoms with Crippen molar-refractivity contribution in [3.05, 3.63) is 12.7 Å². The zero-order valence-electron chi connectivity index (χ0n) is 12.4. The Morgan fingerprint density at radius 1 is 1.50 bits per heavy atom. The van der Waals surface area contributed by atoms with Crippen LogP contribution in [-0.2, 0) is 9.47 Å². The van der Waals surface area contributed by atoms with Gasteiger partial charge >= 0.3 is 0 Å². The Morgan fingerprint density at radius 3 is 3.00 bits per heavy atom. The highest BCUT2D eigenvalue weighted by Crippen LogP contribution is 2.11. The van der Waals surface area contributed by atoms with Crippen LogP contribution < -0.4 is 10.6 Å². The van der Waals surface area contributed by atoms with Gasteiger partial charge in [0.15, 0.2) is 5.96 Å². The van der Waals surface area contributed by atoms with Crippen LogP contribution in [0.1, 0.15) is 26.2 Å². The van der Waals surface area contributed by atoms with Crippen LogP contribution in [-0.4, -0.2) is 51.5 Å². The van der Waals surface area contributed by atoms with Crippen LogP contribution in [0.15, 0.2) is 17.6 Å². The number of guanidine groups is 1. The summed E-state index contributed by atoms with van der Waals surface area (Å²) in [6, 6.07) is 0. The summed E-state index contributed by atoms with van der Waals surface area (Å²) in [7, 11) is 0. The van der Waals surface area contributed by atoms with Crippen molar-refractivity contribution in [1.29, 1.82) is 0 Å². The van der Waals surface area contributed by atoms with E-state index in [1.54, 1.807) is 0 Å². The molecule has 0 aromatic carbocycles. The molecule has 2 N–H and O–H groups in total. The minimum atomic E-state index is 0. The van der Waals surface area contributed by atoms with Gasteiger partial charge in [-0.15, -0.1) is 30.6 Å². The van der Waals surface area contributed by atoms with Gasteiger partial charge in [-0.1, -0.05) is 6.08 Å². The molecule has 0 radical (unpaired) electrons. The molecule has 6 heteroatoms. The van der Waals surface area contributed by atoms with Gasteiger partial charge < -0.3 is 20.1 Å². The zero-order valence-corrected chi connectivity index (χ0v) is 14.7. The first-order valence-corrected chi connectivity index (χ1v) is 7.19. The van der Waals surface area contributed by atoms with E-state index in [9.17, 15) is 0 Å². The number of nitrogens with zero attached hydrogens (tertiary/aromatic N) is 1. The SMILES string of the molecule is C=CCNC(=NCCCOCC1CCCO1)NCC.I. The Balaban J connectivity index is 0.00000361. The Morgan fingerprint density at radius 2 is 2.35 bits per heavy atom. The minimum Gasteiger partial charge on any atom is -0.379 e. The lowest BCUT2D eigenvalue weighted by Gasteiger charge is -2.10. The third kappa shape index (κ3) is 9.55. The van der Waals surface area contributed by atoms with Crippen LogP contribution in [0.3, 0.4) is 0 Å². The molecule has 0 bridgehead atoms. The summed E-state index contributed by atoms with van der Waals surface area (Å²) in [6.07, 6.45) is 5.36. The van der Waals surface area contributed by atoms with E-state index in [4.69, 9.17) is 9.47 Å². The van der Waals surface area contributed by atoms with Crippen molar-refractivity contribution in [3.63, 3.8) is 0 Å². The number of hydrogen-bond donors (Lipinski definition) is 2. The summed E-state index contributed by atoms with van der Waals surface area (Å²) in [5.74, 6) is 0.835. The number of rotatable bonds is 9. The molecule has 0 saturated carbocycles. The largest absolute Gasteiger partial charge is 0.379 e. The molecule has 1 unspecified atom stereocenters. The van der Waals surface area contributed by atoms with E-state index in [0.717, 1.165) is 58.3 Å². The van der Waals surface area contributed by atoms with Crippen LogP contribution in [0.2, 0.25) is 0 Å². The first-order valence-electron chi connectivity index (χ1n) is 7.19. The van der Waals surface area contributed by atoms with Crippen molar-refractivity contribution in [2.45, 2.75) is 32.3 Å². The fraction of sp³-hybridized carbons (Fsp3) is 0.786. The number of aliphatic imine (C=N–C) groups is 1. The first kappa shape index (κ1) is 19.7.